The van der Waals surface area contributed by atoms with Crippen molar-refractivity contribution in [3.8, 4) is 0 Å². The molecule has 0 unspecified atom stereocenters. The van der Waals surface area contributed by atoms with E-state index in [1.165, 1.54) is 0 Å². The summed E-state index contributed by atoms with van der Waals surface area (Å²) < 4.78 is 1.72. The largest absolute Gasteiger partial charge is 0.475 e. The van der Waals surface area contributed by atoms with E-state index in [2.05, 4.69) is 12.0 Å². The summed E-state index contributed by atoms with van der Waals surface area (Å²) in [4.78, 5) is 3.92. The van der Waals surface area contributed by atoms with Crippen molar-refractivity contribution in [3.05, 3.63) is 25.3 Å². The van der Waals surface area contributed by atoms with E-state index in [4.69, 9.17) is 0 Å². The fourth-order valence-corrected chi connectivity index (χ4v) is 0.404. The smallest absolute Gasteiger partial charge is 0.00109 e. The maximum Gasteiger partial charge on any atom is -0.00109 e. The van der Waals surface area contributed by atoms with Gasteiger partial charge in [0, 0.05) is 0 Å². The summed E-state index contributed by atoms with van der Waals surface area (Å²) in [7, 11) is 3.63. The molecule has 1 rings (SSSR count). The first-order chi connectivity index (χ1) is 3.30. The number of rotatable bonds is 0. The molecular formula is C5H7N2-. The minimum atomic E-state index is 0.944. The van der Waals surface area contributed by atoms with Crippen molar-refractivity contribution >= 4 is 0 Å². The molecule has 0 amide bonds. The van der Waals surface area contributed by atoms with Crippen LogP contribution in [0.4, 0.5) is 0 Å². The molecule has 1 aromatic heterocycles. The second-order valence-electron chi connectivity index (χ2n) is 1.44. The van der Waals surface area contributed by atoms with Gasteiger partial charge in [-0.3, -0.25) is 0 Å². The van der Waals surface area contributed by atoms with Crippen LogP contribution < -0.4 is 0 Å². The normalized spacial score (nSPS) is 9.29. The standard InChI is InChI=1S/C5H7N2/c1-5-6-3-4-7(5)2/h3-4H,2H2,1H3/q-1. The van der Waals surface area contributed by atoms with Gasteiger partial charge >= 0.3 is 0 Å². The molecule has 0 aromatic carbocycles. The predicted octanol–water partition coefficient (Wildman–Crippen LogP) is 0.831. The van der Waals surface area contributed by atoms with Crippen LogP contribution in [0.5, 0.6) is 0 Å². The van der Waals surface area contributed by atoms with Crippen molar-refractivity contribution in [3.63, 3.8) is 0 Å². The molecule has 1 heterocycles. The highest BCUT2D eigenvalue weighted by Crippen LogP contribution is 1.88. The van der Waals surface area contributed by atoms with E-state index in [9.17, 15) is 0 Å². The van der Waals surface area contributed by atoms with Gasteiger partial charge in [-0.1, -0.05) is 13.1 Å². The molecule has 38 valence electrons. The molecule has 0 spiro atoms. The van der Waals surface area contributed by atoms with Crippen LogP contribution in [0, 0.1) is 14.0 Å². The van der Waals surface area contributed by atoms with Gasteiger partial charge in [0.25, 0.3) is 0 Å². The van der Waals surface area contributed by atoms with E-state index in [0.29, 0.717) is 0 Å². The lowest BCUT2D eigenvalue weighted by Crippen LogP contribution is -1.84. The summed E-state index contributed by atoms with van der Waals surface area (Å²) in [5.41, 5.74) is 0. The van der Waals surface area contributed by atoms with E-state index >= 15 is 0 Å². The van der Waals surface area contributed by atoms with Crippen LogP contribution in [0.2, 0.25) is 0 Å². The monoisotopic (exact) mass is 95.1 g/mol. The highest BCUT2D eigenvalue weighted by Gasteiger charge is 1.73. The van der Waals surface area contributed by atoms with Gasteiger partial charge in [-0.05, 0) is 12.0 Å². The molecule has 0 aliphatic rings. The van der Waals surface area contributed by atoms with Crippen LogP contribution in [0.25, 0.3) is 0 Å². The van der Waals surface area contributed by atoms with Gasteiger partial charge in [0.1, 0.15) is 0 Å². The molecule has 0 aliphatic heterocycles. The number of imidazole rings is 1. The van der Waals surface area contributed by atoms with Crippen LogP contribution in [-0.4, -0.2) is 9.55 Å². The van der Waals surface area contributed by atoms with E-state index in [0.717, 1.165) is 5.82 Å². The van der Waals surface area contributed by atoms with Gasteiger partial charge in [0.2, 0.25) is 0 Å². The Morgan fingerprint density at radius 2 is 2.57 bits per heavy atom. The zero-order valence-electron chi connectivity index (χ0n) is 4.26. The molecular weight excluding hydrogens is 88.1 g/mol. The fraction of sp³-hybridized carbons (Fsp3) is 0.200. The van der Waals surface area contributed by atoms with Gasteiger partial charge in [-0.25, -0.2) is 0 Å². The van der Waals surface area contributed by atoms with E-state index in [-0.39, 0.29) is 0 Å². The second-order valence-corrected chi connectivity index (χ2v) is 1.44. The van der Waals surface area contributed by atoms with Crippen LogP contribution in [0.1, 0.15) is 5.82 Å². The molecule has 0 radical (unpaired) electrons. The molecule has 0 bridgehead atoms. The molecule has 0 aliphatic carbocycles. The number of hydrogen-bond acceptors (Lipinski definition) is 1. The van der Waals surface area contributed by atoms with Gasteiger partial charge in [-0.15, -0.1) is 7.05 Å². The van der Waals surface area contributed by atoms with Crippen molar-refractivity contribution in [2.24, 2.45) is 0 Å². The quantitative estimate of drug-likeness (QED) is 0.436. The molecule has 0 atom stereocenters. The van der Waals surface area contributed by atoms with Crippen molar-refractivity contribution in [2.45, 2.75) is 6.92 Å². The summed E-state index contributed by atoms with van der Waals surface area (Å²) in [5.74, 6) is 0.944. The molecule has 7 heavy (non-hydrogen) atoms. The third-order valence-corrected chi connectivity index (χ3v) is 0.924. The minimum Gasteiger partial charge on any atom is -0.475 e. The summed E-state index contributed by atoms with van der Waals surface area (Å²) in [6.07, 6.45) is 3.54. The first kappa shape index (κ1) is 4.24. The molecule has 2 heteroatoms. The topological polar surface area (TPSA) is 17.8 Å². The Kier molecular flexibility index (Phi) is 0.785. The first-order valence-corrected chi connectivity index (χ1v) is 2.11. The summed E-state index contributed by atoms with van der Waals surface area (Å²) in [5, 5.41) is 0. The highest BCUT2D eigenvalue weighted by atomic mass is 15.0. The number of aryl methyl sites for hydroxylation is 1. The summed E-state index contributed by atoms with van der Waals surface area (Å²) in [6.45, 7) is 1.91. The van der Waals surface area contributed by atoms with Crippen LogP contribution in [0.15, 0.2) is 12.4 Å². The van der Waals surface area contributed by atoms with Crippen LogP contribution >= 0.6 is 0 Å². The average molecular weight is 95.1 g/mol. The number of nitrogens with zero attached hydrogens (tertiary/aromatic N) is 2. The lowest BCUT2D eigenvalue weighted by atomic mass is 10.7. The molecule has 0 fully saturated rings. The highest BCUT2D eigenvalue weighted by molar-refractivity contribution is 4.88. The van der Waals surface area contributed by atoms with Gasteiger partial charge in [0.15, 0.2) is 0 Å². The Bertz CT molecular complexity index is 138. The van der Waals surface area contributed by atoms with Gasteiger partial charge in [0.05, 0.1) is 0 Å². The molecule has 1 aromatic rings. The molecule has 0 saturated heterocycles. The van der Waals surface area contributed by atoms with Crippen LogP contribution in [0.3, 0.4) is 0 Å². The lowest BCUT2D eigenvalue weighted by Gasteiger charge is -1.99. The van der Waals surface area contributed by atoms with Crippen molar-refractivity contribution in [2.75, 3.05) is 0 Å². The Morgan fingerprint density at radius 1 is 1.86 bits per heavy atom. The predicted molar refractivity (Wildman–Crippen MR) is 27.7 cm³/mol. The lowest BCUT2D eigenvalue weighted by molar-refractivity contribution is 0.975. The van der Waals surface area contributed by atoms with E-state index < -0.39 is 0 Å². The van der Waals surface area contributed by atoms with Crippen molar-refractivity contribution in [1.29, 1.82) is 0 Å². The van der Waals surface area contributed by atoms with Crippen molar-refractivity contribution < 1.29 is 0 Å². The Hall–Kier alpha value is -0.920. The number of hydrogen-bond donors (Lipinski definition) is 0. The maximum atomic E-state index is 3.92. The van der Waals surface area contributed by atoms with Crippen molar-refractivity contribution in [1.82, 2.24) is 9.55 Å². The average Bonchev–Trinajstić information content (AvgIpc) is 1.91. The molecule has 2 nitrogen and oxygen atoms in total. The van der Waals surface area contributed by atoms with E-state index in [1.54, 1.807) is 10.8 Å². The third-order valence-electron chi connectivity index (χ3n) is 0.924. The summed E-state index contributed by atoms with van der Waals surface area (Å²) >= 11 is 0. The fourth-order valence-electron chi connectivity index (χ4n) is 0.404. The Morgan fingerprint density at radius 3 is 2.71 bits per heavy atom. The Labute approximate surface area is 42.8 Å². The first-order valence-electron chi connectivity index (χ1n) is 2.11. The zero-order chi connectivity index (χ0) is 5.28. The summed E-state index contributed by atoms with van der Waals surface area (Å²) in [6, 6.07) is 0. The minimum absolute atomic E-state index is 0.944. The molecule has 0 N–H and O–H groups in total. The number of aromatic nitrogens is 2. The maximum absolute atomic E-state index is 3.92. The second kappa shape index (κ2) is 1.30. The van der Waals surface area contributed by atoms with Crippen LogP contribution in [-0.2, 0) is 0 Å². The van der Waals surface area contributed by atoms with Gasteiger partial charge in [-0.2, -0.15) is 0 Å². The van der Waals surface area contributed by atoms with E-state index in [1.807, 2.05) is 13.1 Å². The zero-order valence-corrected chi connectivity index (χ0v) is 4.26. The third kappa shape index (κ3) is 0.585. The SMILES string of the molecule is [CH2-]n1ccnc1C. The van der Waals surface area contributed by atoms with Gasteiger partial charge < -0.3 is 9.55 Å². The Balaban J connectivity index is 3.12. The molecule has 0 saturated carbocycles.